The Bertz CT molecular complexity index is 1240. The van der Waals surface area contributed by atoms with Crippen molar-refractivity contribution in [1.82, 2.24) is 4.90 Å². The number of benzene rings is 3. The maximum absolute atomic E-state index is 12.9. The molecule has 0 fully saturated rings. The molecule has 0 spiro atoms. The molecule has 10 heteroatoms. The quantitative estimate of drug-likeness (QED) is 0.237. The molecule has 10 nitrogen and oxygen atoms in total. The molecule has 0 aliphatic carbocycles. The summed E-state index contributed by atoms with van der Waals surface area (Å²) >= 11 is 0. The monoisotopic (exact) mass is 580 g/mol. The molecule has 0 heterocycles. The van der Waals surface area contributed by atoms with Crippen LogP contribution < -0.4 is 14.8 Å². The zero-order chi connectivity index (χ0) is 30.5. The Kier molecular flexibility index (Phi) is 12.2. The van der Waals surface area contributed by atoms with Crippen molar-refractivity contribution in [3.8, 4) is 11.5 Å². The Hall–Kier alpha value is -4.12. The fraction of sp³-hybridized carbons (Fsp3) is 0.375. The zero-order valence-corrected chi connectivity index (χ0v) is 24.5. The van der Waals surface area contributed by atoms with Gasteiger partial charge >= 0.3 is 6.09 Å². The Balaban J connectivity index is 1.55. The number of hydrogen-bond acceptors (Lipinski definition) is 8. The first-order chi connectivity index (χ1) is 20.0. The summed E-state index contributed by atoms with van der Waals surface area (Å²) in [6.07, 6.45) is -2.30. The van der Waals surface area contributed by atoms with Crippen LogP contribution >= 0.6 is 0 Å². The van der Waals surface area contributed by atoms with Crippen molar-refractivity contribution in [2.75, 3.05) is 38.9 Å². The fourth-order valence-corrected chi connectivity index (χ4v) is 3.86. The van der Waals surface area contributed by atoms with Crippen molar-refractivity contribution in [3.63, 3.8) is 0 Å². The van der Waals surface area contributed by atoms with Crippen LogP contribution in [0.2, 0.25) is 0 Å². The minimum absolute atomic E-state index is 0.00939. The predicted octanol–water partition coefficient (Wildman–Crippen LogP) is 4.56. The number of nitrogens with zero attached hydrogens (tertiary/aromatic N) is 1. The summed E-state index contributed by atoms with van der Waals surface area (Å²) < 4.78 is 21.5. The van der Waals surface area contributed by atoms with Crippen LogP contribution in [0.4, 0.5) is 10.5 Å². The minimum Gasteiger partial charge on any atom is -0.491 e. The third-order valence-electron chi connectivity index (χ3n) is 5.95. The molecule has 0 aromatic heterocycles. The van der Waals surface area contributed by atoms with Crippen LogP contribution in [0.1, 0.15) is 38.0 Å². The average Bonchev–Trinajstić information content (AvgIpc) is 2.97. The largest absolute Gasteiger partial charge is 0.491 e. The van der Waals surface area contributed by atoms with Crippen molar-refractivity contribution < 1.29 is 38.7 Å². The van der Waals surface area contributed by atoms with E-state index in [1.807, 2.05) is 18.2 Å². The lowest BCUT2D eigenvalue weighted by molar-refractivity contribution is -0.124. The van der Waals surface area contributed by atoms with Crippen LogP contribution in [0.3, 0.4) is 0 Å². The SMILES string of the molecule is COCOc1ccc(OC[C@@H](O)CN(CCc2ccc(NC(=O)C(O)c3ccccc3)cc2)C(=O)OC(C)(C)C)cc1. The standard InChI is InChI=1S/C32H40N2O8/c1-32(2,3)42-31(38)34(20-26(35)21-40-27-14-16-28(17-15-27)41-22-39-4)19-18-23-10-12-25(13-11-23)33-30(37)29(36)24-8-6-5-7-9-24/h5-17,26,29,35-36H,18-22H2,1-4H3,(H,33,37)/t26-,29?/m0/s1. The van der Waals surface area contributed by atoms with Gasteiger partial charge in [-0.1, -0.05) is 42.5 Å². The van der Waals surface area contributed by atoms with E-state index in [2.05, 4.69) is 5.32 Å². The molecule has 226 valence electrons. The molecule has 3 rings (SSSR count). The van der Waals surface area contributed by atoms with E-state index in [1.165, 1.54) is 12.0 Å². The highest BCUT2D eigenvalue weighted by Gasteiger charge is 2.24. The van der Waals surface area contributed by atoms with Crippen LogP contribution in [0, 0.1) is 0 Å². The summed E-state index contributed by atoms with van der Waals surface area (Å²) in [7, 11) is 1.54. The highest BCUT2D eigenvalue weighted by Crippen LogP contribution is 2.19. The highest BCUT2D eigenvalue weighted by atomic mass is 16.7. The summed E-state index contributed by atoms with van der Waals surface area (Å²) in [5.74, 6) is 0.642. The van der Waals surface area contributed by atoms with E-state index >= 15 is 0 Å². The topological polar surface area (TPSA) is 127 Å². The Morgan fingerprint density at radius 3 is 2.10 bits per heavy atom. The number of hydrogen-bond donors (Lipinski definition) is 3. The number of nitrogens with one attached hydrogen (secondary N) is 1. The maximum atomic E-state index is 12.9. The molecule has 0 radical (unpaired) electrons. The van der Waals surface area contributed by atoms with Gasteiger partial charge in [0, 0.05) is 19.3 Å². The summed E-state index contributed by atoms with van der Waals surface area (Å²) in [6, 6.07) is 22.7. The van der Waals surface area contributed by atoms with Gasteiger partial charge in [-0.25, -0.2) is 4.79 Å². The number of rotatable bonds is 14. The first kappa shape index (κ1) is 32.4. The normalized spacial score (nSPS) is 12.6. The van der Waals surface area contributed by atoms with Gasteiger partial charge in [0.2, 0.25) is 0 Å². The molecule has 0 saturated heterocycles. The lowest BCUT2D eigenvalue weighted by Crippen LogP contribution is -2.43. The van der Waals surface area contributed by atoms with Crippen LogP contribution in [0.25, 0.3) is 0 Å². The molecule has 0 aliphatic rings. The number of aliphatic hydroxyl groups is 2. The third kappa shape index (κ3) is 11.0. The molecule has 3 N–H and O–H groups in total. The molecule has 42 heavy (non-hydrogen) atoms. The molecule has 2 amide bonds. The van der Waals surface area contributed by atoms with Crippen molar-refractivity contribution in [2.24, 2.45) is 0 Å². The first-order valence-electron chi connectivity index (χ1n) is 13.7. The highest BCUT2D eigenvalue weighted by molar-refractivity contribution is 5.94. The Morgan fingerprint density at radius 1 is 0.881 bits per heavy atom. The lowest BCUT2D eigenvalue weighted by atomic mass is 10.1. The van der Waals surface area contributed by atoms with Crippen molar-refractivity contribution in [3.05, 3.63) is 90.0 Å². The van der Waals surface area contributed by atoms with E-state index in [1.54, 1.807) is 81.4 Å². The molecule has 0 aliphatic heterocycles. The average molecular weight is 581 g/mol. The van der Waals surface area contributed by atoms with E-state index < -0.39 is 29.8 Å². The molecule has 0 saturated carbocycles. The lowest BCUT2D eigenvalue weighted by Gasteiger charge is -2.29. The smallest absolute Gasteiger partial charge is 0.410 e. The molecule has 3 aromatic rings. The summed E-state index contributed by atoms with van der Waals surface area (Å²) in [5, 5.41) is 23.7. The number of carbonyl (C=O) groups excluding carboxylic acids is 2. The molecular formula is C32H40N2O8. The molecule has 1 unspecified atom stereocenters. The molecule has 3 aromatic carbocycles. The number of anilines is 1. The Morgan fingerprint density at radius 2 is 1.50 bits per heavy atom. The van der Waals surface area contributed by atoms with E-state index in [0.29, 0.717) is 29.2 Å². The second-order valence-corrected chi connectivity index (χ2v) is 10.7. The van der Waals surface area contributed by atoms with E-state index in [0.717, 1.165) is 5.56 Å². The predicted molar refractivity (Wildman–Crippen MR) is 158 cm³/mol. The van der Waals surface area contributed by atoms with E-state index in [-0.39, 0.29) is 26.5 Å². The van der Waals surface area contributed by atoms with Crippen LogP contribution in [0.5, 0.6) is 11.5 Å². The van der Waals surface area contributed by atoms with Gasteiger partial charge in [-0.05, 0) is 74.7 Å². The maximum Gasteiger partial charge on any atom is 0.410 e. The minimum atomic E-state index is -1.28. The van der Waals surface area contributed by atoms with Gasteiger partial charge in [-0.2, -0.15) is 0 Å². The summed E-state index contributed by atoms with van der Waals surface area (Å²) in [4.78, 5) is 26.8. The van der Waals surface area contributed by atoms with Crippen LogP contribution in [-0.2, 0) is 20.7 Å². The fourth-order valence-electron chi connectivity index (χ4n) is 3.86. The number of aliphatic hydroxyl groups excluding tert-OH is 2. The third-order valence-corrected chi connectivity index (χ3v) is 5.95. The molecular weight excluding hydrogens is 540 g/mol. The second kappa shape index (κ2) is 15.8. The number of amides is 2. The zero-order valence-electron chi connectivity index (χ0n) is 24.5. The van der Waals surface area contributed by atoms with Crippen molar-refractivity contribution in [1.29, 1.82) is 0 Å². The van der Waals surface area contributed by atoms with Gasteiger partial charge in [0.15, 0.2) is 12.9 Å². The second-order valence-electron chi connectivity index (χ2n) is 10.7. The first-order valence-corrected chi connectivity index (χ1v) is 13.7. The number of methoxy groups -OCH3 is 1. The number of ether oxygens (including phenoxy) is 4. The van der Waals surface area contributed by atoms with Gasteiger partial charge in [-0.15, -0.1) is 0 Å². The van der Waals surface area contributed by atoms with Crippen LogP contribution in [-0.4, -0.2) is 72.4 Å². The van der Waals surface area contributed by atoms with Gasteiger partial charge in [-0.3, -0.25) is 4.79 Å². The van der Waals surface area contributed by atoms with Gasteiger partial charge < -0.3 is 39.4 Å². The van der Waals surface area contributed by atoms with Crippen LogP contribution in [0.15, 0.2) is 78.9 Å². The van der Waals surface area contributed by atoms with Gasteiger partial charge in [0.1, 0.15) is 29.8 Å². The molecule has 0 bridgehead atoms. The summed E-state index contributed by atoms with van der Waals surface area (Å²) in [5.41, 5.74) is 1.25. The van der Waals surface area contributed by atoms with Crippen molar-refractivity contribution in [2.45, 2.75) is 45.0 Å². The molecule has 2 atom stereocenters. The van der Waals surface area contributed by atoms with E-state index in [4.69, 9.17) is 18.9 Å². The van der Waals surface area contributed by atoms with Crippen molar-refractivity contribution >= 4 is 17.7 Å². The number of carbonyl (C=O) groups is 2. The Labute approximate surface area is 246 Å². The van der Waals surface area contributed by atoms with Gasteiger partial charge in [0.25, 0.3) is 5.91 Å². The van der Waals surface area contributed by atoms with Gasteiger partial charge in [0.05, 0.1) is 6.54 Å². The van der Waals surface area contributed by atoms with E-state index in [9.17, 15) is 19.8 Å². The summed E-state index contributed by atoms with van der Waals surface area (Å²) in [6.45, 7) is 5.75.